The molecule has 6 N–H and O–H groups in total. The van der Waals surface area contributed by atoms with E-state index in [1.54, 1.807) is 60.7 Å². The number of nitrogens with zero attached hydrogens (tertiary/aromatic N) is 2. The van der Waals surface area contributed by atoms with E-state index in [9.17, 15) is 35.5 Å². The second-order valence-electron chi connectivity index (χ2n) is 8.75. The fraction of sp³-hybridized carbons (Fsp3) is 0. The van der Waals surface area contributed by atoms with Gasteiger partial charge in [-0.05, 0) is 59.7 Å². The molecule has 0 spiro atoms. The minimum atomic E-state index is -4.85. The van der Waals surface area contributed by atoms with Crippen LogP contribution in [0.15, 0.2) is 107 Å². The molecule has 4 aromatic carbocycles. The van der Waals surface area contributed by atoms with Crippen molar-refractivity contribution in [1.82, 2.24) is 0 Å². The van der Waals surface area contributed by atoms with Gasteiger partial charge < -0.3 is 11.5 Å². The molecule has 42 heavy (non-hydrogen) atoms. The monoisotopic (exact) mass is 608 g/mol. The molecule has 0 atom stereocenters. The Kier molecular flexibility index (Phi) is 8.44. The van der Waals surface area contributed by atoms with Crippen LogP contribution in [0.25, 0.3) is 12.2 Å². The lowest BCUT2D eigenvalue weighted by atomic mass is 10.1. The Morgan fingerprint density at radius 2 is 0.881 bits per heavy atom. The first kappa shape index (κ1) is 30.0. The van der Waals surface area contributed by atoms with E-state index in [4.69, 9.17) is 11.5 Å². The molecule has 0 unspecified atom stereocenters. The minimum Gasteiger partial charge on any atom is -0.351 e. The van der Waals surface area contributed by atoms with Gasteiger partial charge in [-0.25, -0.2) is 9.59 Å². The molecule has 12 nitrogen and oxygen atoms in total. The number of anilines is 4. The van der Waals surface area contributed by atoms with Gasteiger partial charge in [0.25, 0.3) is 20.2 Å². The molecule has 14 heteroatoms. The number of para-hydroxylation sites is 2. The molecule has 0 saturated heterocycles. The molecule has 0 radical (unpaired) electrons. The molecule has 0 aliphatic heterocycles. The fourth-order valence-corrected chi connectivity index (χ4v) is 5.59. The minimum absolute atomic E-state index is 0.0360. The van der Waals surface area contributed by atoms with Crippen molar-refractivity contribution in [3.8, 4) is 0 Å². The Hall–Kier alpha value is -5.02. The average Bonchev–Trinajstić information content (AvgIpc) is 2.92. The number of carbonyl (C=O) groups is 2. The Balaban J connectivity index is 1.80. The van der Waals surface area contributed by atoms with Crippen LogP contribution in [0.1, 0.15) is 11.1 Å². The molecule has 0 aliphatic rings. The van der Waals surface area contributed by atoms with Crippen LogP contribution in [0.2, 0.25) is 0 Å². The third-order valence-corrected chi connectivity index (χ3v) is 7.80. The lowest BCUT2D eigenvalue weighted by Gasteiger charge is -2.22. The van der Waals surface area contributed by atoms with E-state index in [1.165, 1.54) is 36.4 Å². The summed E-state index contributed by atoms with van der Waals surface area (Å²) in [6.45, 7) is 0. The van der Waals surface area contributed by atoms with Crippen molar-refractivity contribution in [2.24, 2.45) is 11.5 Å². The molecular weight excluding hydrogens is 584 g/mol. The SMILES string of the molecule is NC(=O)N(c1ccccc1)c1ccc(C=Cc2ccc(N(C(N)=O)c3ccccc3)cc2S(=O)(=O)O)c(S(=O)(=O)O)c1. The quantitative estimate of drug-likeness (QED) is 0.161. The van der Waals surface area contributed by atoms with E-state index in [0.29, 0.717) is 11.4 Å². The Morgan fingerprint density at radius 3 is 1.17 bits per heavy atom. The number of nitrogens with two attached hydrogens (primary N) is 2. The van der Waals surface area contributed by atoms with Crippen molar-refractivity contribution < 1.29 is 35.5 Å². The van der Waals surface area contributed by atoms with Crippen LogP contribution >= 0.6 is 0 Å². The van der Waals surface area contributed by atoms with Gasteiger partial charge in [0.1, 0.15) is 9.79 Å². The summed E-state index contributed by atoms with van der Waals surface area (Å²) in [5, 5.41) is 0. The van der Waals surface area contributed by atoms with Crippen LogP contribution in [-0.2, 0) is 20.2 Å². The van der Waals surface area contributed by atoms with Gasteiger partial charge in [0.05, 0.1) is 22.7 Å². The Morgan fingerprint density at radius 1 is 0.548 bits per heavy atom. The predicted molar refractivity (Wildman–Crippen MR) is 158 cm³/mol. The van der Waals surface area contributed by atoms with Gasteiger partial charge in [-0.3, -0.25) is 18.9 Å². The first-order chi connectivity index (χ1) is 19.8. The van der Waals surface area contributed by atoms with Gasteiger partial charge in [-0.15, -0.1) is 0 Å². The smallest absolute Gasteiger partial charge is 0.323 e. The molecule has 0 aliphatic carbocycles. The number of primary amides is 2. The highest BCUT2D eigenvalue weighted by molar-refractivity contribution is 7.86. The van der Waals surface area contributed by atoms with Crippen molar-refractivity contribution in [2.45, 2.75) is 9.79 Å². The molecule has 0 aromatic heterocycles. The van der Waals surface area contributed by atoms with E-state index >= 15 is 0 Å². The van der Waals surface area contributed by atoms with E-state index in [0.717, 1.165) is 21.9 Å². The molecule has 4 rings (SSSR count). The van der Waals surface area contributed by atoms with Crippen molar-refractivity contribution in [2.75, 3.05) is 9.80 Å². The van der Waals surface area contributed by atoms with Gasteiger partial charge in [0, 0.05) is 0 Å². The molecule has 0 bridgehead atoms. The highest BCUT2D eigenvalue weighted by Crippen LogP contribution is 2.32. The van der Waals surface area contributed by atoms with Crippen LogP contribution in [0.3, 0.4) is 0 Å². The second-order valence-corrected chi connectivity index (χ2v) is 11.5. The van der Waals surface area contributed by atoms with Crippen LogP contribution in [0.4, 0.5) is 32.3 Å². The van der Waals surface area contributed by atoms with Crippen molar-refractivity contribution in [3.63, 3.8) is 0 Å². The maximum atomic E-state index is 12.3. The largest absolute Gasteiger partial charge is 0.351 e. The summed E-state index contributed by atoms with van der Waals surface area (Å²) >= 11 is 0. The van der Waals surface area contributed by atoms with E-state index in [2.05, 4.69) is 0 Å². The molecule has 4 amide bonds. The fourth-order valence-electron chi connectivity index (χ4n) is 4.19. The van der Waals surface area contributed by atoms with Crippen molar-refractivity contribution in [1.29, 1.82) is 0 Å². The lowest BCUT2D eigenvalue weighted by molar-refractivity contribution is 0.255. The highest BCUT2D eigenvalue weighted by Gasteiger charge is 2.23. The summed E-state index contributed by atoms with van der Waals surface area (Å²) in [5.41, 5.74) is 11.7. The summed E-state index contributed by atoms with van der Waals surface area (Å²) in [5.74, 6) is 0. The van der Waals surface area contributed by atoms with E-state index in [1.807, 2.05) is 0 Å². The average molecular weight is 609 g/mol. The molecule has 0 saturated carbocycles. The lowest BCUT2D eigenvalue weighted by Crippen LogP contribution is -2.31. The first-order valence-electron chi connectivity index (χ1n) is 12.0. The Labute approximate surface area is 241 Å². The van der Waals surface area contributed by atoms with Gasteiger partial charge in [-0.2, -0.15) is 16.8 Å². The number of urea groups is 2. The zero-order chi connectivity index (χ0) is 30.7. The number of carbonyl (C=O) groups excluding carboxylic acids is 2. The van der Waals surface area contributed by atoms with Crippen molar-refractivity contribution >= 4 is 67.2 Å². The standard InChI is InChI=1S/C28H24N4O8S2/c29-27(33)31(21-7-3-1-4-8-21)23-15-13-19(25(17-23)41(35,36)37)11-12-20-14-16-24(18-26(20)42(38,39)40)32(28(30)34)22-9-5-2-6-10-22/h1-18H,(H2,29,33)(H2,30,34)(H,35,36,37)(H,38,39,40). The van der Waals surface area contributed by atoms with Crippen LogP contribution in [-0.4, -0.2) is 38.0 Å². The van der Waals surface area contributed by atoms with Gasteiger partial charge in [0.15, 0.2) is 0 Å². The predicted octanol–water partition coefficient (Wildman–Crippen LogP) is 4.78. The molecule has 0 fully saturated rings. The number of hydrogen-bond donors (Lipinski definition) is 4. The summed E-state index contributed by atoms with van der Waals surface area (Å²) in [6.07, 6.45) is 2.38. The summed E-state index contributed by atoms with van der Waals surface area (Å²) < 4.78 is 69.1. The zero-order valence-electron chi connectivity index (χ0n) is 21.6. The third-order valence-electron chi connectivity index (χ3n) is 5.98. The number of rotatable bonds is 8. The van der Waals surface area contributed by atoms with Gasteiger partial charge in [0.2, 0.25) is 0 Å². The van der Waals surface area contributed by atoms with Crippen LogP contribution in [0.5, 0.6) is 0 Å². The maximum Gasteiger partial charge on any atom is 0.323 e. The Bertz CT molecular complexity index is 1760. The number of hydrogen-bond acceptors (Lipinski definition) is 6. The zero-order valence-corrected chi connectivity index (χ0v) is 23.2. The summed E-state index contributed by atoms with van der Waals surface area (Å²) in [7, 11) is -9.71. The first-order valence-corrected chi connectivity index (χ1v) is 14.9. The number of amides is 4. The number of benzene rings is 4. The van der Waals surface area contributed by atoms with E-state index < -0.39 is 42.1 Å². The van der Waals surface area contributed by atoms with Crippen molar-refractivity contribution in [3.05, 3.63) is 108 Å². The topological polar surface area (TPSA) is 201 Å². The molecule has 4 aromatic rings. The summed E-state index contributed by atoms with van der Waals surface area (Å²) in [6, 6.07) is 21.8. The van der Waals surface area contributed by atoms with Crippen LogP contribution < -0.4 is 21.3 Å². The molecule has 216 valence electrons. The molecule has 0 heterocycles. The van der Waals surface area contributed by atoms with E-state index in [-0.39, 0.29) is 22.5 Å². The maximum absolute atomic E-state index is 12.3. The normalized spacial score (nSPS) is 11.8. The second kappa shape index (κ2) is 11.8. The highest BCUT2D eigenvalue weighted by atomic mass is 32.2. The third kappa shape index (κ3) is 6.64. The molecular formula is C28H24N4O8S2. The summed E-state index contributed by atoms with van der Waals surface area (Å²) in [4.78, 5) is 25.3. The van der Waals surface area contributed by atoms with Crippen LogP contribution in [0, 0.1) is 0 Å². The van der Waals surface area contributed by atoms with Gasteiger partial charge >= 0.3 is 12.1 Å². The van der Waals surface area contributed by atoms with Gasteiger partial charge in [-0.1, -0.05) is 60.7 Å².